The number of carbonyl (C=O) groups excluding carboxylic acids is 1. The first-order valence-electron chi connectivity index (χ1n) is 7.21. The fourth-order valence-corrected chi connectivity index (χ4v) is 3.63. The SMILES string of the molecule is CCc1nc2ccc(C(=O)N3Cc4cncnc4C3)cc2s1. The Bertz CT molecular complexity index is 848. The van der Waals surface area contributed by atoms with E-state index in [9.17, 15) is 4.79 Å². The first-order chi connectivity index (χ1) is 10.7. The molecule has 6 heteroatoms. The molecule has 0 unspecified atom stereocenters. The number of fused-ring (bicyclic) bond motifs is 2. The van der Waals surface area contributed by atoms with Gasteiger partial charge in [-0.2, -0.15) is 0 Å². The zero-order valence-corrected chi connectivity index (χ0v) is 12.9. The lowest BCUT2D eigenvalue weighted by Gasteiger charge is -2.14. The molecule has 0 atom stereocenters. The zero-order valence-electron chi connectivity index (χ0n) is 12.1. The van der Waals surface area contributed by atoms with E-state index in [1.165, 1.54) is 6.33 Å². The van der Waals surface area contributed by atoms with E-state index in [0.29, 0.717) is 18.7 Å². The van der Waals surface area contributed by atoms with Crippen LogP contribution in [0.3, 0.4) is 0 Å². The van der Waals surface area contributed by atoms with Gasteiger partial charge >= 0.3 is 0 Å². The third-order valence-electron chi connectivity index (χ3n) is 3.85. The third kappa shape index (κ3) is 2.16. The van der Waals surface area contributed by atoms with Crippen molar-refractivity contribution in [1.82, 2.24) is 19.9 Å². The largest absolute Gasteiger partial charge is 0.328 e. The van der Waals surface area contributed by atoms with E-state index < -0.39 is 0 Å². The van der Waals surface area contributed by atoms with Crippen LogP contribution in [0.15, 0.2) is 30.7 Å². The molecule has 0 bridgehead atoms. The minimum atomic E-state index is 0.0337. The summed E-state index contributed by atoms with van der Waals surface area (Å²) < 4.78 is 1.07. The molecule has 1 amide bonds. The molecule has 1 aliphatic heterocycles. The van der Waals surface area contributed by atoms with Gasteiger partial charge in [0.15, 0.2) is 0 Å². The van der Waals surface area contributed by atoms with Gasteiger partial charge in [0.2, 0.25) is 0 Å². The maximum atomic E-state index is 12.7. The Kier molecular flexibility index (Phi) is 3.11. The summed E-state index contributed by atoms with van der Waals surface area (Å²) in [5, 5.41) is 1.10. The molecule has 0 fully saturated rings. The van der Waals surface area contributed by atoms with Crippen LogP contribution < -0.4 is 0 Å². The molecule has 0 radical (unpaired) electrons. The van der Waals surface area contributed by atoms with Crippen LogP contribution >= 0.6 is 11.3 Å². The molecular weight excluding hydrogens is 296 g/mol. The highest BCUT2D eigenvalue weighted by molar-refractivity contribution is 7.18. The molecule has 2 aromatic heterocycles. The Morgan fingerprint density at radius 3 is 3.09 bits per heavy atom. The second kappa shape index (κ2) is 5.14. The number of thiazole rings is 1. The predicted octanol–water partition coefficient (Wildman–Crippen LogP) is 2.80. The molecule has 3 aromatic rings. The molecule has 3 heterocycles. The van der Waals surface area contributed by atoms with Crippen molar-refractivity contribution in [3.05, 3.63) is 52.6 Å². The molecule has 4 rings (SSSR count). The number of nitrogens with zero attached hydrogens (tertiary/aromatic N) is 4. The fourth-order valence-electron chi connectivity index (χ4n) is 2.68. The number of hydrogen-bond acceptors (Lipinski definition) is 5. The van der Waals surface area contributed by atoms with Crippen molar-refractivity contribution in [3.63, 3.8) is 0 Å². The van der Waals surface area contributed by atoms with Gasteiger partial charge in [-0.05, 0) is 24.6 Å². The highest BCUT2D eigenvalue weighted by Crippen LogP contribution is 2.26. The van der Waals surface area contributed by atoms with Gasteiger partial charge in [0, 0.05) is 23.9 Å². The Labute approximate surface area is 131 Å². The van der Waals surface area contributed by atoms with Gasteiger partial charge < -0.3 is 4.90 Å². The number of hydrogen-bond donors (Lipinski definition) is 0. The van der Waals surface area contributed by atoms with E-state index in [2.05, 4.69) is 21.9 Å². The highest BCUT2D eigenvalue weighted by atomic mass is 32.1. The van der Waals surface area contributed by atoms with Gasteiger partial charge in [-0.15, -0.1) is 11.3 Å². The van der Waals surface area contributed by atoms with Gasteiger partial charge in [-0.1, -0.05) is 6.92 Å². The van der Waals surface area contributed by atoms with Crippen LogP contribution in [-0.4, -0.2) is 25.8 Å². The Morgan fingerprint density at radius 1 is 1.36 bits per heavy atom. The first-order valence-corrected chi connectivity index (χ1v) is 8.02. The van der Waals surface area contributed by atoms with Crippen molar-refractivity contribution in [2.24, 2.45) is 0 Å². The number of rotatable bonds is 2. The van der Waals surface area contributed by atoms with Crippen LogP contribution in [0.25, 0.3) is 10.2 Å². The monoisotopic (exact) mass is 310 g/mol. The van der Waals surface area contributed by atoms with E-state index >= 15 is 0 Å². The molecule has 1 aliphatic rings. The standard InChI is InChI=1S/C16H14N4OS/c1-2-15-19-12-4-3-10(5-14(12)22-15)16(21)20-7-11-6-17-9-18-13(11)8-20/h3-6,9H,2,7-8H2,1H3. The minimum Gasteiger partial charge on any atom is -0.328 e. The van der Waals surface area contributed by atoms with Crippen molar-refractivity contribution in [2.45, 2.75) is 26.4 Å². The van der Waals surface area contributed by atoms with Crippen LogP contribution in [0.2, 0.25) is 0 Å². The Morgan fingerprint density at radius 2 is 2.27 bits per heavy atom. The summed E-state index contributed by atoms with van der Waals surface area (Å²) in [6.07, 6.45) is 4.24. The summed E-state index contributed by atoms with van der Waals surface area (Å²) in [6.45, 7) is 3.22. The van der Waals surface area contributed by atoms with Crippen molar-refractivity contribution in [1.29, 1.82) is 0 Å². The molecule has 1 aromatic carbocycles. The minimum absolute atomic E-state index is 0.0337. The van der Waals surface area contributed by atoms with Crippen molar-refractivity contribution in [3.8, 4) is 0 Å². The number of carbonyl (C=O) groups is 1. The number of aryl methyl sites for hydroxylation is 1. The van der Waals surface area contributed by atoms with Crippen molar-refractivity contribution >= 4 is 27.5 Å². The maximum absolute atomic E-state index is 12.7. The number of aromatic nitrogens is 3. The Hall–Kier alpha value is -2.34. The average Bonchev–Trinajstić information content (AvgIpc) is 3.16. The summed E-state index contributed by atoms with van der Waals surface area (Å²) in [4.78, 5) is 27.3. The lowest BCUT2D eigenvalue weighted by Crippen LogP contribution is -2.25. The van der Waals surface area contributed by atoms with Gasteiger partial charge in [0.25, 0.3) is 5.91 Å². The summed E-state index contributed by atoms with van der Waals surface area (Å²) in [6, 6.07) is 5.74. The topological polar surface area (TPSA) is 59.0 Å². The maximum Gasteiger partial charge on any atom is 0.254 e. The second-order valence-electron chi connectivity index (χ2n) is 5.30. The van der Waals surface area contributed by atoms with Crippen LogP contribution in [0.4, 0.5) is 0 Å². The van der Waals surface area contributed by atoms with E-state index in [1.807, 2.05) is 23.1 Å². The summed E-state index contributed by atoms with van der Waals surface area (Å²) >= 11 is 1.65. The van der Waals surface area contributed by atoms with Crippen molar-refractivity contribution < 1.29 is 4.79 Å². The smallest absolute Gasteiger partial charge is 0.254 e. The van der Waals surface area contributed by atoms with Crippen LogP contribution in [0.5, 0.6) is 0 Å². The molecule has 110 valence electrons. The average molecular weight is 310 g/mol. The summed E-state index contributed by atoms with van der Waals surface area (Å²) in [7, 11) is 0. The third-order valence-corrected chi connectivity index (χ3v) is 5.01. The van der Waals surface area contributed by atoms with Crippen LogP contribution in [-0.2, 0) is 19.5 Å². The molecule has 0 saturated heterocycles. The molecule has 0 N–H and O–H groups in total. The lowest BCUT2D eigenvalue weighted by molar-refractivity contribution is 0.0750. The van der Waals surface area contributed by atoms with Crippen molar-refractivity contribution in [2.75, 3.05) is 0 Å². The number of benzene rings is 1. The molecule has 5 nitrogen and oxygen atoms in total. The molecule has 0 saturated carbocycles. The summed E-state index contributed by atoms with van der Waals surface area (Å²) in [5.74, 6) is 0.0337. The van der Waals surface area contributed by atoms with E-state index in [4.69, 9.17) is 0 Å². The Balaban J connectivity index is 1.63. The van der Waals surface area contributed by atoms with Gasteiger partial charge in [0.1, 0.15) is 6.33 Å². The molecule has 22 heavy (non-hydrogen) atoms. The van der Waals surface area contributed by atoms with E-state index in [1.54, 1.807) is 17.5 Å². The van der Waals surface area contributed by atoms with Gasteiger partial charge in [-0.3, -0.25) is 4.79 Å². The predicted molar refractivity (Wildman–Crippen MR) is 84.6 cm³/mol. The normalized spacial score (nSPS) is 13.6. The molecule has 0 aliphatic carbocycles. The van der Waals surface area contributed by atoms with Crippen LogP contribution in [0.1, 0.15) is 33.5 Å². The summed E-state index contributed by atoms with van der Waals surface area (Å²) in [5.41, 5.74) is 3.65. The first kappa shape index (κ1) is 13.3. The fraction of sp³-hybridized carbons (Fsp3) is 0.250. The molecular formula is C16H14N4OS. The van der Waals surface area contributed by atoms with Crippen LogP contribution in [0, 0.1) is 0 Å². The zero-order chi connectivity index (χ0) is 15.1. The second-order valence-corrected chi connectivity index (χ2v) is 6.41. The van der Waals surface area contributed by atoms with Gasteiger partial charge in [0.05, 0.1) is 27.5 Å². The lowest BCUT2D eigenvalue weighted by atomic mass is 10.2. The highest BCUT2D eigenvalue weighted by Gasteiger charge is 2.25. The number of amides is 1. The molecule has 0 spiro atoms. The van der Waals surface area contributed by atoms with E-state index in [0.717, 1.165) is 32.9 Å². The van der Waals surface area contributed by atoms with E-state index in [-0.39, 0.29) is 5.91 Å². The quantitative estimate of drug-likeness (QED) is 0.730. The van der Waals surface area contributed by atoms with Gasteiger partial charge in [-0.25, -0.2) is 15.0 Å².